The number of hydrogen-bond acceptors (Lipinski definition) is 3. The molecule has 0 atom stereocenters. The van der Waals surface area contributed by atoms with Crippen molar-refractivity contribution in [3.63, 3.8) is 0 Å². The molecule has 0 N–H and O–H groups in total. The van der Waals surface area contributed by atoms with E-state index in [0.29, 0.717) is 11.6 Å². The van der Waals surface area contributed by atoms with Gasteiger partial charge in [0.25, 0.3) is 0 Å². The summed E-state index contributed by atoms with van der Waals surface area (Å²) in [5.41, 5.74) is 1.08. The van der Waals surface area contributed by atoms with Gasteiger partial charge in [-0.15, -0.1) is 0 Å². The molecule has 0 unspecified atom stereocenters. The van der Waals surface area contributed by atoms with Gasteiger partial charge >= 0.3 is 5.97 Å². The molecule has 98 valence electrons. The van der Waals surface area contributed by atoms with E-state index >= 15 is 0 Å². The van der Waals surface area contributed by atoms with E-state index in [-0.39, 0.29) is 0 Å². The van der Waals surface area contributed by atoms with Gasteiger partial charge < -0.3 is 4.74 Å². The van der Waals surface area contributed by atoms with Gasteiger partial charge in [0.05, 0.1) is 7.11 Å². The van der Waals surface area contributed by atoms with E-state index in [1.54, 1.807) is 18.3 Å². The minimum absolute atomic E-state index is 0.291. The summed E-state index contributed by atoms with van der Waals surface area (Å²) in [5.74, 6) is 6.17. The Bertz CT molecular complexity index is 428. The van der Waals surface area contributed by atoms with Gasteiger partial charge in [-0.2, -0.15) is 0 Å². The highest BCUT2D eigenvalue weighted by atomic mass is 16.5. The van der Waals surface area contributed by atoms with Crippen LogP contribution < -0.4 is 0 Å². The van der Waals surface area contributed by atoms with Crippen molar-refractivity contribution in [1.29, 1.82) is 0 Å². The zero-order valence-corrected chi connectivity index (χ0v) is 11.8. The van der Waals surface area contributed by atoms with Gasteiger partial charge in [0.15, 0.2) is 0 Å². The summed E-state index contributed by atoms with van der Waals surface area (Å²) in [4.78, 5) is 15.1. The molecule has 18 heavy (non-hydrogen) atoms. The minimum Gasteiger partial charge on any atom is -0.464 e. The number of pyridine rings is 1. The minimum atomic E-state index is -0.437. The van der Waals surface area contributed by atoms with Crippen LogP contribution in [0.5, 0.6) is 0 Å². The molecule has 1 rings (SSSR count). The number of nitrogens with zero attached hydrogens (tertiary/aromatic N) is 1. The first-order valence-electron chi connectivity index (χ1n) is 6.16. The fourth-order valence-corrected chi connectivity index (χ4v) is 1.08. The molecule has 0 aliphatic heterocycles. The van der Waals surface area contributed by atoms with E-state index in [9.17, 15) is 4.79 Å². The Morgan fingerprint density at radius 1 is 1.44 bits per heavy atom. The van der Waals surface area contributed by atoms with Crippen LogP contribution in [0.3, 0.4) is 0 Å². The Labute approximate surface area is 110 Å². The lowest BCUT2D eigenvalue weighted by atomic mass is 10.1. The third kappa shape index (κ3) is 6.05. The normalized spacial score (nSPS) is 8.78. The van der Waals surface area contributed by atoms with E-state index in [4.69, 9.17) is 0 Å². The number of methoxy groups -OCH3 is 1. The Balaban J connectivity index is 0.00000137. The average molecular weight is 247 g/mol. The summed E-state index contributed by atoms with van der Waals surface area (Å²) in [6.45, 7) is 8.22. The van der Waals surface area contributed by atoms with Gasteiger partial charge in [0.2, 0.25) is 0 Å². The van der Waals surface area contributed by atoms with Gasteiger partial charge in [0, 0.05) is 18.2 Å². The van der Waals surface area contributed by atoms with Crippen LogP contribution >= 0.6 is 0 Å². The van der Waals surface area contributed by atoms with Crippen molar-refractivity contribution in [3.8, 4) is 11.8 Å². The van der Waals surface area contributed by atoms with E-state index in [1.807, 2.05) is 13.8 Å². The highest BCUT2D eigenvalue weighted by Crippen LogP contribution is 2.03. The maximum atomic E-state index is 11.2. The second-order valence-corrected chi connectivity index (χ2v) is 3.82. The summed E-state index contributed by atoms with van der Waals surface area (Å²) in [7, 11) is 1.33. The molecule has 0 saturated heterocycles. The third-order valence-corrected chi connectivity index (χ3v) is 1.90. The van der Waals surface area contributed by atoms with Crippen LogP contribution in [0.15, 0.2) is 18.3 Å². The predicted molar refractivity (Wildman–Crippen MR) is 73.3 cm³/mol. The fourth-order valence-electron chi connectivity index (χ4n) is 1.08. The van der Waals surface area contributed by atoms with Crippen molar-refractivity contribution in [2.45, 2.75) is 34.1 Å². The highest BCUT2D eigenvalue weighted by molar-refractivity contribution is 5.87. The molecule has 1 heterocycles. The molecule has 0 aliphatic carbocycles. The number of esters is 1. The summed E-state index contributed by atoms with van der Waals surface area (Å²) in [6.07, 6.45) is 2.40. The number of hydrogen-bond donors (Lipinski definition) is 0. The molecule has 3 nitrogen and oxygen atoms in total. The molecule has 0 saturated carbocycles. The molecule has 3 heteroatoms. The van der Waals surface area contributed by atoms with Gasteiger partial charge in [-0.1, -0.05) is 39.5 Å². The average Bonchev–Trinajstić information content (AvgIpc) is 2.40. The van der Waals surface area contributed by atoms with Gasteiger partial charge in [-0.25, -0.2) is 9.78 Å². The first-order chi connectivity index (χ1) is 8.63. The van der Waals surface area contributed by atoms with Crippen LogP contribution in [0.1, 0.15) is 50.2 Å². The van der Waals surface area contributed by atoms with Crippen molar-refractivity contribution in [2.75, 3.05) is 7.11 Å². The van der Waals surface area contributed by atoms with Crippen molar-refractivity contribution in [2.24, 2.45) is 5.92 Å². The van der Waals surface area contributed by atoms with Crippen molar-refractivity contribution in [1.82, 2.24) is 4.98 Å². The predicted octanol–water partition coefficient (Wildman–Crippen LogP) is 3.29. The Morgan fingerprint density at radius 3 is 2.67 bits per heavy atom. The second kappa shape index (κ2) is 9.23. The van der Waals surface area contributed by atoms with Gasteiger partial charge in [0.1, 0.15) is 5.69 Å². The van der Waals surface area contributed by atoms with Crippen molar-refractivity contribution < 1.29 is 9.53 Å². The smallest absolute Gasteiger partial charge is 0.356 e. The van der Waals surface area contributed by atoms with Crippen molar-refractivity contribution in [3.05, 3.63) is 29.6 Å². The molecular formula is C15H21NO2. The topological polar surface area (TPSA) is 39.2 Å². The number of rotatable bonds is 2. The van der Waals surface area contributed by atoms with E-state index in [1.165, 1.54) is 7.11 Å². The highest BCUT2D eigenvalue weighted by Gasteiger charge is 2.05. The second-order valence-electron chi connectivity index (χ2n) is 3.82. The lowest BCUT2D eigenvalue weighted by molar-refractivity contribution is 0.0594. The fraction of sp³-hybridized carbons (Fsp3) is 0.467. The Hall–Kier alpha value is -1.82. The molecule has 0 aromatic carbocycles. The summed E-state index contributed by atoms with van der Waals surface area (Å²) < 4.78 is 4.58. The number of aromatic nitrogens is 1. The number of ether oxygens (including phenoxy) is 1. The summed E-state index contributed by atoms with van der Waals surface area (Å²) in [5, 5.41) is 0. The molecule has 0 spiro atoms. The zero-order valence-electron chi connectivity index (χ0n) is 11.8. The van der Waals surface area contributed by atoms with Crippen LogP contribution in [-0.2, 0) is 4.74 Å². The lowest BCUT2D eigenvalue weighted by Gasteiger charge is -1.98. The van der Waals surface area contributed by atoms with Gasteiger partial charge in [-0.3, -0.25) is 0 Å². The SMILES string of the molecule is CC.COC(=O)c1cc(C#CCC(C)C)ccn1. The van der Waals surface area contributed by atoms with E-state index in [2.05, 4.69) is 35.4 Å². The number of carbonyl (C=O) groups excluding carboxylic acids is 1. The Kier molecular flexibility index (Phi) is 8.30. The molecule has 0 bridgehead atoms. The van der Waals surface area contributed by atoms with E-state index in [0.717, 1.165) is 12.0 Å². The molecule has 0 radical (unpaired) electrons. The lowest BCUT2D eigenvalue weighted by Crippen LogP contribution is -2.03. The molecule has 0 amide bonds. The first kappa shape index (κ1) is 16.2. The van der Waals surface area contributed by atoms with Crippen LogP contribution in [0.2, 0.25) is 0 Å². The molecule has 1 aromatic rings. The van der Waals surface area contributed by atoms with E-state index < -0.39 is 5.97 Å². The molecule has 1 aromatic heterocycles. The summed E-state index contributed by atoms with van der Waals surface area (Å²) in [6, 6.07) is 3.42. The first-order valence-corrected chi connectivity index (χ1v) is 6.16. The zero-order chi connectivity index (χ0) is 14.0. The molecule has 0 fully saturated rings. The van der Waals surface area contributed by atoms with Gasteiger partial charge in [-0.05, 0) is 18.1 Å². The standard InChI is InChI=1S/C13H15NO2.C2H6/c1-10(2)5-4-6-11-7-8-14-12(9-11)13(15)16-3;1-2/h7-10H,5H2,1-3H3;1-2H3. The summed E-state index contributed by atoms with van der Waals surface area (Å²) >= 11 is 0. The monoisotopic (exact) mass is 247 g/mol. The third-order valence-electron chi connectivity index (χ3n) is 1.90. The number of carbonyl (C=O) groups is 1. The van der Waals surface area contributed by atoms with Crippen LogP contribution in [-0.4, -0.2) is 18.1 Å². The Morgan fingerprint density at radius 2 is 2.11 bits per heavy atom. The maximum Gasteiger partial charge on any atom is 0.356 e. The maximum absolute atomic E-state index is 11.2. The quantitative estimate of drug-likeness (QED) is 0.594. The van der Waals surface area contributed by atoms with Crippen molar-refractivity contribution >= 4 is 5.97 Å². The van der Waals surface area contributed by atoms with Crippen LogP contribution in [0.25, 0.3) is 0 Å². The molecule has 0 aliphatic rings. The molecular weight excluding hydrogens is 226 g/mol. The largest absolute Gasteiger partial charge is 0.464 e. The van der Waals surface area contributed by atoms with Crippen LogP contribution in [0.4, 0.5) is 0 Å². The van der Waals surface area contributed by atoms with Crippen LogP contribution in [0, 0.1) is 17.8 Å².